The number of nitrogens with one attached hydrogen (secondary N) is 2. The summed E-state index contributed by atoms with van der Waals surface area (Å²) in [4.78, 5) is 21.4. The second kappa shape index (κ2) is 7.57. The number of nitrogens with two attached hydrogens (primary N) is 1. The highest BCUT2D eigenvalue weighted by Crippen LogP contribution is 2.36. The van der Waals surface area contributed by atoms with Gasteiger partial charge in [0.2, 0.25) is 5.91 Å². The maximum Gasteiger partial charge on any atom is 0.231 e. The summed E-state index contributed by atoms with van der Waals surface area (Å²) in [6.45, 7) is 4.40. The number of hydrogen-bond acceptors (Lipinski definition) is 4. The highest BCUT2D eigenvalue weighted by molar-refractivity contribution is 5.98. The van der Waals surface area contributed by atoms with Crippen LogP contribution in [-0.4, -0.2) is 50.6 Å². The van der Waals surface area contributed by atoms with Gasteiger partial charge >= 0.3 is 0 Å². The van der Waals surface area contributed by atoms with Gasteiger partial charge in [-0.1, -0.05) is 13.0 Å². The molecule has 0 spiro atoms. The number of aromatic amines is 2. The van der Waals surface area contributed by atoms with Gasteiger partial charge in [0, 0.05) is 28.0 Å². The molecule has 0 saturated carbocycles. The number of amides is 1. The SMILES string of the molecule is CCc1c(-c2ccnc3[nH]ncc23)[nH]c2ccc(C3CCN(CC(N)=O)CC3)cc12. The van der Waals surface area contributed by atoms with Gasteiger partial charge in [-0.05, 0) is 67.6 Å². The summed E-state index contributed by atoms with van der Waals surface area (Å²) in [5.41, 5.74) is 12.3. The fraction of sp³-hybridized carbons (Fsp3) is 0.348. The molecule has 0 atom stereocenters. The van der Waals surface area contributed by atoms with E-state index in [4.69, 9.17) is 5.73 Å². The van der Waals surface area contributed by atoms with Crippen LogP contribution in [0.4, 0.5) is 0 Å². The van der Waals surface area contributed by atoms with Gasteiger partial charge in [0.15, 0.2) is 5.65 Å². The number of rotatable bonds is 5. The number of piperidine rings is 1. The third-order valence-corrected chi connectivity index (χ3v) is 6.35. The molecule has 154 valence electrons. The first kappa shape index (κ1) is 18.8. The molecular formula is C23H26N6O. The maximum atomic E-state index is 11.2. The Morgan fingerprint density at radius 2 is 2.07 bits per heavy atom. The summed E-state index contributed by atoms with van der Waals surface area (Å²) in [5.74, 6) is 0.272. The zero-order chi connectivity index (χ0) is 20.7. The van der Waals surface area contributed by atoms with E-state index in [0.717, 1.165) is 60.2 Å². The van der Waals surface area contributed by atoms with Crippen molar-refractivity contribution in [2.45, 2.75) is 32.1 Å². The second-order valence-electron chi connectivity index (χ2n) is 8.14. The molecule has 3 aromatic heterocycles. The molecule has 4 aromatic rings. The fourth-order valence-corrected chi connectivity index (χ4v) is 4.83. The van der Waals surface area contributed by atoms with E-state index >= 15 is 0 Å². The number of H-pyrrole nitrogens is 2. The van der Waals surface area contributed by atoms with Crippen LogP contribution in [0.1, 0.15) is 36.8 Å². The van der Waals surface area contributed by atoms with Crippen molar-refractivity contribution in [2.75, 3.05) is 19.6 Å². The van der Waals surface area contributed by atoms with E-state index in [-0.39, 0.29) is 5.91 Å². The molecule has 1 fully saturated rings. The van der Waals surface area contributed by atoms with Crippen molar-refractivity contribution in [2.24, 2.45) is 5.73 Å². The maximum absolute atomic E-state index is 11.2. The summed E-state index contributed by atoms with van der Waals surface area (Å²) in [6.07, 6.45) is 6.71. The van der Waals surface area contributed by atoms with Gasteiger partial charge in [-0.2, -0.15) is 5.10 Å². The van der Waals surface area contributed by atoms with E-state index in [1.807, 2.05) is 12.4 Å². The summed E-state index contributed by atoms with van der Waals surface area (Å²) >= 11 is 0. The number of carbonyl (C=O) groups excluding carboxylic acids is 1. The van der Waals surface area contributed by atoms with Crippen LogP contribution >= 0.6 is 0 Å². The van der Waals surface area contributed by atoms with Gasteiger partial charge in [0.1, 0.15) is 0 Å². The summed E-state index contributed by atoms with van der Waals surface area (Å²) < 4.78 is 0. The first-order valence-corrected chi connectivity index (χ1v) is 10.6. The molecule has 7 heteroatoms. The molecule has 5 rings (SSSR count). The number of aryl methyl sites for hydroxylation is 1. The van der Waals surface area contributed by atoms with Crippen LogP contribution in [0.3, 0.4) is 0 Å². The Labute approximate surface area is 174 Å². The van der Waals surface area contributed by atoms with Gasteiger partial charge < -0.3 is 10.7 Å². The van der Waals surface area contributed by atoms with Crippen molar-refractivity contribution in [3.8, 4) is 11.3 Å². The zero-order valence-corrected chi connectivity index (χ0v) is 17.1. The minimum absolute atomic E-state index is 0.245. The van der Waals surface area contributed by atoms with Gasteiger partial charge in [0.05, 0.1) is 18.4 Å². The fourth-order valence-electron chi connectivity index (χ4n) is 4.83. The number of hydrogen-bond donors (Lipinski definition) is 3. The molecule has 0 radical (unpaired) electrons. The molecule has 30 heavy (non-hydrogen) atoms. The Morgan fingerprint density at radius 3 is 2.83 bits per heavy atom. The molecule has 1 aliphatic rings. The number of nitrogens with zero attached hydrogens (tertiary/aromatic N) is 3. The van der Waals surface area contributed by atoms with E-state index in [1.165, 1.54) is 16.5 Å². The summed E-state index contributed by atoms with van der Waals surface area (Å²) in [5, 5.41) is 9.44. The molecule has 4 heterocycles. The Balaban J connectivity index is 1.50. The zero-order valence-electron chi connectivity index (χ0n) is 17.1. The van der Waals surface area contributed by atoms with E-state index in [2.05, 4.69) is 56.3 Å². The molecular weight excluding hydrogens is 376 g/mol. The number of aromatic nitrogens is 4. The molecule has 1 aliphatic heterocycles. The normalized spacial score (nSPS) is 15.9. The molecule has 0 aliphatic carbocycles. The molecule has 7 nitrogen and oxygen atoms in total. The number of pyridine rings is 1. The van der Waals surface area contributed by atoms with E-state index in [1.54, 1.807) is 0 Å². The van der Waals surface area contributed by atoms with Crippen LogP contribution in [0, 0.1) is 0 Å². The molecule has 4 N–H and O–H groups in total. The number of likely N-dealkylation sites (tertiary alicyclic amines) is 1. The van der Waals surface area contributed by atoms with Crippen molar-refractivity contribution in [1.29, 1.82) is 0 Å². The smallest absolute Gasteiger partial charge is 0.231 e. The first-order chi connectivity index (χ1) is 14.6. The van der Waals surface area contributed by atoms with Crippen LogP contribution in [0.25, 0.3) is 33.2 Å². The van der Waals surface area contributed by atoms with Crippen LogP contribution < -0.4 is 5.73 Å². The van der Waals surface area contributed by atoms with Gasteiger partial charge in [-0.3, -0.25) is 14.8 Å². The average Bonchev–Trinajstić information content (AvgIpc) is 3.37. The third-order valence-electron chi connectivity index (χ3n) is 6.35. The minimum atomic E-state index is -0.245. The van der Waals surface area contributed by atoms with E-state index in [0.29, 0.717) is 12.5 Å². The lowest BCUT2D eigenvalue weighted by Gasteiger charge is -2.31. The number of fused-ring (bicyclic) bond motifs is 2. The van der Waals surface area contributed by atoms with Crippen molar-refractivity contribution >= 4 is 27.8 Å². The topological polar surface area (TPSA) is 104 Å². The molecule has 1 saturated heterocycles. The van der Waals surface area contributed by atoms with Crippen LogP contribution in [0.15, 0.2) is 36.7 Å². The van der Waals surface area contributed by atoms with Crippen molar-refractivity contribution in [3.05, 3.63) is 47.8 Å². The molecule has 1 amide bonds. The molecule has 0 bridgehead atoms. The highest BCUT2D eigenvalue weighted by Gasteiger charge is 2.23. The van der Waals surface area contributed by atoms with Crippen molar-refractivity contribution in [1.82, 2.24) is 25.1 Å². The molecule has 0 unspecified atom stereocenters. The summed E-state index contributed by atoms with van der Waals surface area (Å²) in [6, 6.07) is 8.86. The number of benzene rings is 1. The monoisotopic (exact) mass is 402 g/mol. The third kappa shape index (κ3) is 3.25. The van der Waals surface area contributed by atoms with E-state index in [9.17, 15) is 4.79 Å². The largest absolute Gasteiger partial charge is 0.369 e. The number of primary amides is 1. The first-order valence-electron chi connectivity index (χ1n) is 10.6. The predicted molar refractivity (Wildman–Crippen MR) is 118 cm³/mol. The van der Waals surface area contributed by atoms with Crippen molar-refractivity contribution < 1.29 is 4.79 Å². The van der Waals surface area contributed by atoms with Crippen molar-refractivity contribution in [3.63, 3.8) is 0 Å². The van der Waals surface area contributed by atoms with Crippen LogP contribution in [0.2, 0.25) is 0 Å². The Hall–Kier alpha value is -3.19. The Kier molecular flexibility index (Phi) is 4.75. The second-order valence-corrected chi connectivity index (χ2v) is 8.14. The minimum Gasteiger partial charge on any atom is -0.369 e. The van der Waals surface area contributed by atoms with Crippen LogP contribution in [-0.2, 0) is 11.2 Å². The lowest BCUT2D eigenvalue weighted by molar-refractivity contribution is -0.119. The Bertz CT molecular complexity index is 1220. The quantitative estimate of drug-likeness (QED) is 0.476. The highest BCUT2D eigenvalue weighted by atomic mass is 16.1. The lowest BCUT2D eigenvalue weighted by Crippen LogP contribution is -2.39. The standard InChI is InChI=1S/C23H26N6O/c1-2-16-18-11-15(14-6-9-29(10-7-14)13-21(24)30)3-4-20(18)27-22(16)17-5-8-25-23-19(17)12-26-28-23/h3-5,8,11-12,14,27H,2,6-7,9-10,13H2,1H3,(H2,24,30)(H,25,26,28). The van der Waals surface area contributed by atoms with Gasteiger partial charge in [0.25, 0.3) is 0 Å². The van der Waals surface area contributed by atoms with Crippen LogP contribution in [0.5, 0.6) is 0 Å². The average molecular weight is 403 g/mol. The van der Waals surface area contributed by atoms with Gasteiger partial charge in [-0.25, -0.2) is 4.98 Å². The lowest BCUT2D eigenvalue weighted by atomic mass is 9.88. The predicted octanol–water partition coefficient (Wildman–Crippen LogP) is 3.33. The number of carbonyl (C=O) groups is 1. The Morgan fingerprint density at radius 1 is 1.23 bits per heavy atom. The molecule has 1 aromatic carbocycles. The van der Waals surface area contributed by atoms with Gasteiger partial charge in [-0.15, -0.1) is 0 Å². The summed E-state index contributed by atoms with van der Waals surface area (Å²) in [7, 11) is 0. The van der Waals surface area contributed by atoms with E-state index < -0.39 is 0 Å².